The van der Waals surface area contributed by atoms with Crippen molar-refractivity contribution in [3.8, 4) is 0 Å². The topological polar surface area (TPSA) is 0 Å². The van der Waals surface area contributed by atoms with Gasteiger partial charge in [0.15, 0.2) is 0 Å². The van der Waals surface area contributed by atoms with Crippen LogP contribution in [0.1, 0.15) is 5.56 Å². The van der Waals surface area contributed by atoms with Crippen LogP contribution in [0.15, 0.2) is 78.9 Å². The molecule has 0 aromatic heterocycles. The smallest absolute Gasteiger partial charge is 0.0809 e. The van der Waals surface area contributed by atoms with Gasteiger partial charge in [-0.15, -0.1) is 64.2 Å². The second-order valence-corrected chi connectivity index (χ2v) is 4.76. The molecule has 0 unspecified atom stereocenters. The van der Waals surface area contributed by atoms with E-state index in [1.807, 2.05) is 0 Å². The van der Waals surface area contributed by atoms with Crippen LogP contribution in [0.25, 0.3) is 21.5 Å². The molecule has 118 valence electrons. The number of hydrogen-bond donors (Lipinski definition) is 0. The van der Waals surface area contributed by atoms with E-state index in [4.69, 9.17) is 0 Å². The van der Waals surface area contributed by atoms with Crippen molar-refractivity contribution in [2.75, 3.05) is 0 Å². The van der Waals surface area contributed by atoms with E-state index in [1.54, 1.807) is 0 Å². The summed E-state index contributed by atoms with van der Waals surface area (Å²) in [5.74, 6) is 0. The number of aryl methyl sites for hydroxylation is 1. The molecule has 0 saturated heterocycles. The fraction of sp³-hybridized carbons (Fsp3) is 0.0500. The molecule has 4 aromatic rings. The minimum atomic E-state index is 0. The zero-order chi connectivity index (χ0) is 15.1. The molecule has 0 saturated carbocycles. The van der Waals surface area contributed by atoms with Gasteiger partial charge in [0.1, 0.15) is 0 Å². The average molecular weight is 420 g/mol. The molecular formula is C20H18Cl2Zr-2. The summed E-state index contributed by atoms with van der Waals surface area (Å²) in [6, 6.07) is 27.4. The van der Waals surface area contributed by atoms with Gasteiger partial charge < -0.3 is 24.8 Å². The van der Waals surface area contributed by atoms with Crippen LogP contribution in [0.3, 0.4) is 0 Å². The molecule has 23 heavy (non-hydrogen) atoms. The van der Waals surface area contributed by atoms with Crippen LogP contribution in [-0.4, -0.2) is 4.21 Å². The molecule has 0 atom stereocenters. The van der Waals surface area contributed by atoms with Gasteiger partial charge in [-0.3, -0.25) is 0 Å². The van der Waals surface area contributed by atoms with E-state index in [9.17, 15) is 0 Å². The van der Waals surface area contributed by atoms with E-state index >= 15 is 0 Å². The van der Waals surface area contributed by atoms with Gasteiger partial charge in [-0.25, -0.2) is 0 Å². The molecule has 0 aliphatic rings. The summed E-state index contributed by atoms with van der Waals surface area (Å²) in [5, 5.41) is 5.39. The summed E-state index contributed by atoms with van der Waals surface area (Å²) in [6.07, 6.45) is 0. The largest absolute Gasteiger partial charge is 1.00 e. The van der Waals surface area contributed by atoms with Gasteiger partial charge in [0, 0.05) is 0 Å². The van der Waals surface area contributed by atoms with Crippen LogP contribution in [0, 0.1) is 6.92 Å². The molecule has 4 aromatic carbocycles. The van der Waals surface area contributed by atoms with Crippen LogP contribution in [0.4, 0.5) is 0 Å². The number of fused-ring (bicyclic) bond motifs is 2. The fourth-order valence-electron chi connectivity index (χ4n) is 2.38. The Kier molecular flexibility index (Phi) is 11.0. The van der Waals surface area contributed by atoms with Crippen molar-refractivity contribution < 1.29 is 49.0 Å². The third-order valence-electron chi connectivity index (χ3n) is 3.45. The molecule has 0 aliphatic carbocycles. The molecular weight excluding hydrogens is 402 g/mol. The quantitative estimate of drug-likeness (QED) is 0.334. The van der Waals surface area contributed by atoms with Crippen molar-refractivity contribution >= 4 is 25.8 Å². The maximum Gasteiger partial charge on any atom is -0.0809 e. The monoisotopic (exact) mass is 418 g/mol. The van der Waals surface area contributed by atoms with Crippen LogP contribution < -0.4 is 24.8 Å². The Morgan fingerprint density at radius 3 is 2.09 bits per heavy atom. The SMILES string of the molecule is C[c-]1ccc2ccccc21.[CH2]=[Zr+2].[Cl-].[Cl-].c1ccc2[cH-]ccc2c1. The van der Waals surface area contributed by atoms with Gasteiger partial charge in [0.2, 0.25) is 0 Å². The molecule has 0 spiro atoms. The molecule has 0 nitrogen and oxygen atoms in total. The summed E-state index contributed by atoms with van der Waals surface area (Å²) >= 11 is 1.30. The first-order chi connectivity index (χ1) is 10.3. The van der Waals surface area contributed by atoms with Gasteiger partial charge >= 0.3 is 28.4 Å². The predicted octanol–water partition coefficient (Wildman–Crippen LogP) is -0.601. The Labute approximate surface area is 165 Å². The van der Waals surface area contributed by atoms with Crippen molar-refractivity contribution in [2.45, 2.75) is 6.92 Å². The third kappa shape index (κ3) is 5.85. The van der Waals surface area contributed by atoms with Crippen molar-refractivity contribution in [2.24, 2.45) is 0 Å². The van der Waals surface area contributed by atoms with E-state index in [2.05, 4.69) is 90.0 Å². The van der Waals surface area contributed by atoms with Gasteiger partial charge in [0.05, 0.1) is 0 Å². The molecule has 0 bridgehead atoms. The summed E-state index contributed by atoms with van der Waals surface area (Å²) < 4.78 is 3.34. The molecule has 3 heteroatoms. The van der Waals surface area contributed by atoms with Crippen molar-refractivity contribution in [1.82, 2.24) is 0 Å². The summed E-state index contributed by atoms with van der Waals surface area (Å²) in [7, 11) is 0. The van der Waals surface area contributed by atoms with Crippen molar-refractivity contribution in [1.29, 1.82) is 0 Å². The maximum atomic E-state index is 3.34. The molecule has 0 heterocycles. The molecule has 0 aliphatic heterocycles. The Balaban J connectivity index is 0.000000354. The third-order valence-corrected chi connectivity index (χ3v) is 3.45. The Morgan fingerprint density at radius 2 is 1.43 bits per heavy atom. The van der Waals surface area contributed by atoms with Crippen molar-refractivity contribution in [3.05, 3.63) is 84.4 Å². The van der Waals surface area contributed by atoms with Crippen molar-refractivity contribution in [3.63, 3.8) is 0 Å². The van der Waals surface area contributed by atoms with Crippen LogP contribution in [-0.2, 0) is 24.2 Å². The van der Waals surface area contributed by atoms with Crippen LogP contribution in [0.5, 0.6) is 0 Å². The van der Waals surface area contributed by atoms with E-state index in [1.165, 1.54) is 51.3 Å². The number of halogens is 2. The zero-order valence-electron chi connectivity index (χ0n) is 13.0. The first-order valence-corrected chi connectivity index (χ1v) is 8.65. The summed E-state index contributed by atoms with van der Waals surface area (Å²) in [6.45, 7) is 2.14. The van der Waals surface area contributed by atoms with Gasteiger partial charge in [-0.1, -0.05) is 19.1 Å². The standard InChI is InChI=1S/C10H9.C9H7.CH2.2ClH.Zr/c1-8-6-7-9-4-2-3-5-10(8)9;1-2-5-9-7-3-6-8(9)4-1;;;;/h2-7H,1H3;1-7H;1H2;2*1H;/q2*-1;;;;+2/p-2. The van der Waals surface area contributed by atoms with Gasteiger partial charge in [-0.05, 0) is 0 Å². The van der Waals surface area contributed by atoms with Gasteiger partial charge in [0.25, 0.3) is 0 Å². The van der Waals surface area contributed by atoms with Crippen LogP contribution >= 0.6 is 0 Å². The molecule has 0 fully saturated rings. The Hall–Kier alpha value is -1.01. The van der Waals surface area contributed by atoms with E-state index in [0.29, 0.717) is 0 Å². The summed E-state index contributed by atoms with van der Waals surface area (Å²) in [4.78, 5) is 0. The average Bonchev–Trinajstić information content (AvgIpc) is 3.17. The molecule has 4 rings (SSSR count). The van der Waals surface area contributed by atoms with Crippen LogP contribution in [0.2, 0.25) is 0 Å². The Morgan fingerprint density at radius 1 is 0.826 bits per heavy atom. The summed E-state index contributed by atoms with van der Waals surface area (Å²) in [5.41, 5.74) is 1.37. The fourth-order valence-corrected chi connectivity index (χ4v) is 2.38. The normalized spacial score (nSPS) is 8.83. The van der Waals surface area contributed by atoms with Gasteiger partial charge in [-0.2, -0.15) is 29.7 Å². The molecule has 0 amide bonds. The molecule has 0 radical (unpaired) electrons. The minimum absolute atomic E-state index is 0. The maximum absolute atomic E-state index is 3.34. The second kappa shape index (κ2) is 11.5. The minimum Gasteiger partial charge on any atom is -1.00 e. The number of hydrogen-bond acceptors (Lipinski definition) is 0. The first-order valence-electron chi connectivity index (χ1n) is 6.91. The van der Waals surface area contributed by atoms with E-state index < -0.39 is 0 Å². The predicted molar refractivity (Wildman–Crippen MR) is 90.9 cm³/mol. The Bertz CT molecular complexity index is 784. The second-order valence-electron chi connectivity index (χ2n) is 4.76. The number of rotatable bonds is 0. The number of benzene rings is 2. The zero-order valence-corrected chi connectivity index (χ0v) is 16.9. The molecule has 0 N–H and O–H groups in total. The van der Waals surface area contributed by atoms with E-state index in [0.717, 1.165) is 0 Å². The van der Waals surface area contributed by atoms with E-state index in [-0.39, 0.29) is 24.8 Å². The first kappa shape index (κ1) is 22.0.